The predicted molar refractivity (Wildman–Crippen MR) is 71.3 cm³/mol. The Morgan fingerprint density at radius 1 is 1.50 bits per heavy atom. The first kappa shape index (κ1) is 15.4. The fourth-order valence-electron chi connectivity index (χ4n) is 2.28. The largest absolute Gasteiger partial charge is 0.392 e. The van der Waals surface area contributed by atoms with Gasteiger partial charge >= 0.3 is 0 Å². The van der Waals surface area contributed by atoms with Gasteiger partial charge < -0.3 is 5.11 Å². The Labute approximate surface area is 117 Å². The molecule has 1 aromatic rings. The van der Waals surface area contributed by atoms with Gasteiger partial charge in [-0.3, -0.25) is 5.10 Å². The molecule has 20 heavy (non-hydrogen) atoms. The summed E-state index contributed by atoms with van der Waals surface area (Å²) in [6, 6.07) is -0.651. The molecule has 0 saturated carbocycles. The van der Waals surface area contributed by atoms with E-state index in [0.29, 0.717) is 5.69 Å². The van der Waals surface area contributed by atoms with E-state index >= 15 is 0 Å². The molecule has 1 unspecified atom stereocenters. The van der Waals surface area contributed by atoms with E-state index in [2.05, 4.69) is 10.2 Å². The van der Waals surface area contributed by atoms with E-state index in [1.54, 1.807) is 13.8 Å². The van der Waals surface area contributed by atoms with Gasteiger partial charge in [-0.2, -0.15) is 9.40 Å². The van der Waals surface area contributed by atoms with Crippen molar-refractivity contribution in [1.82, 2.24) is 14.5 Å². The standard InChI is InChI=1S/C10H17N3O5S2/c1-7-6-19(15,16)4-3-13(7)20(17,18)10-9(5-14)8(2)11-12-10/h7,14H,3-6H2,1-2H3,(H,11,12). The molecule has 8 nitrogen and oxygen atoms in total. The first-order valence-corrected chi connectivity index (χ1v) is 9.32. The average molecular weight is 323 g/mol. The lowest BCUT2D eigenvalue weighted by molar-refractivity contribution is 0.276. The minimum Gasteiger partial charge on any atom is -0.392 e. The van der Waals surface area contributed by atoms with Crippen LogP contribution in [0.1, 0.15) is 18.2 Å². The number of aryl methyl sites for hydroxylation is 1. The number of aromatic nitrogens is 2. The number of hydrogen-bond donors (Lipinski definition) is 2. The van der Waals surface area contributed by atoms with Gasteiger partial charge in [-0.25, -0.2) is 16.8 Å². The second-order valence-corrected chi connectivity index (χ2v) is 8.90. The van der Waals surface area contributed by atoms with Crippen LogP contribution in [-0.2, 0) is 26.5 Å². The monoisotopic (exact) mass is 323 g/mol. The molecule has 1 fully saturated rings. The topological polar surface area (TPSA) is 120 Å². The summed E-state index contributed by atoms with van der Waals surface area (Å²) < 4.78 is 49.2. The molecule has 1 atom stereocenters. The van der Waals surface area contributed by atoms with E-state index in [1.165, 1.54) is 0 Å². The third kappa shape index (κ3) is 2.60. The van der Waals surface area contributed by atoms with Gasteiger partial charge in [0.2, 0.25) is 0 Å². The highest BCUT2D eigenvalue weighted by atomic mass is 32.2. The van der Waals surface area contributed by atoms with Crippen molar-refractivity contribution in [2.45, 2.75) is 31.5 Å². The SMILES string of the molecule is Cc1[nH]nc(S(=O)(=O)N2CCS(=O)(=O)CC2C)c1CO. The summed E-state index contributed by atoms with van der Waals surface area (Å²) in [6.07, 6.45) is 0. The molecular formula is C10H17N3O5S2. The highest BCUT2D eigenvalue weighted by molar-refractivity contribution is 7.92. The summed E-state index contributed by atoms with van der Waals surface area (Å²) in [7, 11) is -7.12. The molecule has 0 aromatic carbocycles. The number of aliphatic hydroxyl groups excluding tert-OH is 1. The lowest BCUT2D eigenvalue weighted by atomic mass is 10.3. The Bertz CT molecular complexity index is 707. The average Bonchev–Trinajstić information content (AvgIpc) is 2.69. The number of rotatable bonds is 3. The smallest absolute Gasteiger partial charge is 0.263 e. The van der Waals surface area contributed by atoms with Gasteiger partial charge in [-0.05, 0) is 13.8 Å². The third-order valence-corrected chi connectivity index (χ3v) is 7.14. The van der Waals surface area contributed by atoms with Crippen LogP contribution < -0.4 is 0 Å². The van der Waals surface area contributed by atoms with Crippen molar-refractivity contribution < 1.29 is 21.9 Å². The third-order valence-electron chi connectivity index (χ3n) is 3.36. The van der Waals surface area contributed by atoms with Crippen LogP contribution in [0.4, 0.5) is 0 Å². The summed E-state index contributed by atoms with van der Waals surface area (Å²) in [5.41, 5.74) is 0.689. The molecule has 0 bridgehead atoms. The maximum absolute atomic E-state index is 12.5. The highest BCUT2D eigenvalue weighted by Gasteiger charge is 2.38. The van der Waals surface area contributed by atoms with Crippen molar-refractivity contribution in [3.8, 4) is 0 Å². The number of hydrogen-bond acceptors (Lipinski definition) is 6. The maximum Gasteiger partial charge on any atom is 0.263 e. The van der Waals surface area contributed by atoms with Gasteiger partial charge in [0.15, 0.2) is 14.9 Å². The van der Waals surface area contributed by atoms with Crippen molar-refractivity contribution in [2.75, 3.05) is 18.1 Å². The van der Waals surface area contributed by atoms with E-state index in [1.807, 2.05) is 0 Å². The van der Waals surface area contributed by atoms with Gasteiger partial charge in [-0.15, -0.1) is 0 Å². The Kier molecular flexibility index (Phi) is 3.93. The summed E-state index contributed by atoms with van der Waals surface area (Å²) in [4.78, 5) is 0. The number of H-pyrrole nitrogens is 1. The van der Waals surface area contributed by atoms with E-state index in [9.17, 15) is 21.9 Å². The van der Waals surface area contributed by atoms with E-state index in [-0.39, 0.29) is 28.6 Å². The maximum atomic E-state index is 12.5. The number of aromatic amines is 1. The molecule has 10 heteroatoms. The predicted octanol–water partition coefficient (Wildman–Crippen LogP) is -0.982. The van der Waals surface area contributed by atoms with Gasteiger partial charge in [0.25, 0.3) is 10.0 Å². The molecule has 1 aliphatic rings. The first-order chi connectivity index (χ1) is 9.19. The first-order valence-electron chi connectivity index (χ1n) is 6.06. The summed E-state index contributed by atoms with van der Waals surface area (Å²) >= 11 is 0. The molecule has 2 heterocycles. The van der Waals surface area contributed by atoms with Crippen molar-refractivity contribution in [2.24, 2.45) is 0 Å². The summed E-state index contributed by atoms with van der Waals surface area (Å²) in [6.45, 7) is 2.62. The van der Waals surface area contributed by atoms with E-state index < -0.39 is 32.5 Å². The van der Waals surface area contributed by atoms with Gasteiger partial charge in [-0.1, -0.05) is 0 Å². The fourth-order valence-corrected chi connectivity index (χ4v) is 5.84. The minimum absolute atomic E-state index is 0.0946. The van der Waals surface area contributed by atoms with Crippen molar-refractivity contribution in [3.05, 3.63) is 11.3 Å². The molecule has 1 aliphatic heterocycles. The molecule has 0 spiro atoms. The van der Waals surface area contributed by atoms with Gasteiger partial charge in [0.05, 0.1) is 18.1 Å². The molecule has 0 amide bonds. The Morgan fingerprint density at radius 3 is 2.70 bits per heavy atom. The van der Waals surface area contributed by atoms with Crippen molar-refractivity contribution in [3.63, 3.8) is 0 Å². The highest BCUT2D eigenvalue weighted by Crippen LogP contribution is 2.24. The molecule has 1 aromatic heterocycles. The van der Waals surface area contributed by atoms with Crippen LogP contribution in [0.5, 0.6) is 0 Å². The second kappa shape index (κ2) is 5.10. The number of sulfonamides is 1. The Balaban J connectivity index is 2.41. The van der Waals surface area contributed by atoms with Crippen LogP contribution in [0, 0.1) is 6.92 Å². The van der Waals surface area contributed by atoms with Crippen molar-refractivity contribution in [1.29, 1.82) is 0 Å². The van der Waals surface area contributed by atoms with Crippen molar-refractivity contribution >= 4 is 19.9 Å². The zero-order valence-corrected chi connectivity index (χ0v) is 12.8. The lowest BCUT2D eigenvalue weighted by Gasteiger charge is -2.31. The normalized spacial score (nSPS) is 23.9. The van der Waals surface area contributed by atoms with E-state index in [0.717, 1.165) is 4.31 Å². The zero-order valence-electron chi connectivity index (χ0n) is 11.2. The summed E-state index contributed by atoms with van der Waals surface area (Å²) in [5.74, 6) is -0.404. The molecule has 2 N–H and O–H groups in total. The van der Waals surface area contributed by atoms with Gasteiger partial charge in [0.1, 0.15) is 0 Å². The number of aliphatic hydroxyl groups is 1. The molecule has 0 aliphatic carbocycles. The number of nitrogens with one attached hydrogen (secondary N) is 1. The summed E-state index contributed by atoms with van der Waals surface area (Å²) in [5, 5.41) is 15.3. The van der Waals surface area contributed by atoms with Crippen LogP contribution in [0.2, 0.25) is 0 Å². The van der Waals surface area contributed by atoms with E-state index in [4.69, 9.17) is 0 Å². The molecule has 1 saturated heterocycles. The van der Waals surface area contributed by atoms with Crippen LogP contribution >= 0.6 is 0 Å². The zero-order chi connectivity index (χ0) is 15.1. The van der Waals surface area contributed by atoms with Gasteiger partial charge in [0, 0.05) is 23.8 Å². The minimum atomic E-state index is -3.92. The van der Waals surface area contributed by atoms with Crippen LogP contribution in [-0.4, -0.2) is 60.5 Å². The number of sulfone groups is 1. The molecule has 2 rings (SSSR count). The molecular weight excluding hydrogens is 306 g/mol. The van der Waals surface area contributed by atoms with Crippen LogP contribution in [0.15, 0.2) is 5.03 Å². The quantitative estimate of drug-likeness (QED) is 0.737. The Morgan fingerprint density at radius 2 is 2.15 bits per heavy atom. The van der Waals surface area contributed by atoms with Crippen LogP contribution in [0.25, 0.3) is 0 Å². The molecule has 0 radical (unpaired) electrons. The van der Waals surface area contributed by atoms with Crippen LogP contribution in [0.3, 0.4) is 0 Å². The fraction of sp³-hybridized carbons (Fsp3) is 0.700. The second-order valence-electron chi connectivity index (χ2n) is 4.87. The lowest BCUT2D eigenvalue weighted by Crippen LogP contribution is -2.49. The Hall–Kier alpha value is -0.970. The molecule has 114 valence electrons. The number of nitrogens with zero attached hydrogens (tertiary/aromatic N) is 2.